The van der Waals surface area contributed by atoms with Crippen molar-refractivity contribution in [3.63, 3.8) is 0 Å². The second-order valence-electron chi connectivity index (χ2n) is 7.22. The van der Waals surface area contributed by atoms with E-state index >= 15 is 0 Å². The number of hydrogen-bond donors (Lipinski definition) is 0. The monoisotopic (exact) mass is 406 g/mol. The normalized spacial score (nSPS) is 14.7. The molecule has 0 atom stereocenters. The van der Waals surface area contributed by atoms with Crippen molar-refractivity contribution in [2.45, 2.75) is 13.8 Å². The van der Waals surface area contributed by atoms with Gasteiger partial charge in [-0.3, -0.25) is 0 Å². The van der Waals surface area contributed by atoms with Crippen LogP contribution >= 0.6 is 11.3 Å². The molecule has 0 radical (unpaired) electrons. The molecule has 5 rings (SSSR count). The zero-order valence-electron chi connectivity index (χ0n) is 16.7. The smallest absolute Gasteiger partial charge is 0.140 e. The topological polar surface area (TPSA) is 67.3 Å². The number of rotatable bonds is 3. The van der Waals surface area contributed by atoms with E-state index < -0.39 is 0 Å². The lowest BCUT2D eigenvalue weighted by atomic mass is 10.2. The number of aromatic nitrogens is 4. The van der Waals surface area contributed by atoms with E-state index in [0.717, 1.165) is 70.5 Å². The predicted octanol–water partition coefficient (Wildman–Crippen LogP) is 3.59. The zero-order valence-corrected chi connectivity index (χ0v) is 17.5. The predicted molar refractivity (Wildman–Crippen MR) is 117 cm³/mol. The van der Waals surface area contributed by atoms with Crippen molar-refractivity contribution in [2.75, 3.05) is 43.1 Å². The number of methoxy groups -OCH3 is 1. The Labute approximate surface area is 173 Å². The van der Waals surface area contributed by atoms with Crippen molar-refractivity contribution in [3.8, 4) is 5.75 Å². The maximum absolute atomic E-state index is 5.42. The van der Waals surface area contributed by atoms with Gasteiger partial charge in [0, 0.05) is 36.4 Å². The summed E-state index contributed by atoms with van der Waals surface area (Å²) in [5.74, 6) is 3.61. The fourth-order valence-corrected chi connectivity index (χ4v) is 4.76. The Bertz CT molecular complexity index is 1200. The van der Waals surface area contributed by atoms with Crippen LogP contribution in [0.2, 0.25) is 0 Å². The van der Waals surface area contributed by atoms with Gasteiger partial charge in [0.2, 0.25) is 0 Å². The molecule has 0 bridgehead atoms. The third-order valence-corrected chi connectivity index (χ3v) is 6.26. The van der Waals surface area contributed by atoms with Crippen LogP contribution in [0, 0.1) is 13.8 Å². The molecular weight excluding hydrogens is 384 g/mol. The first-order valence-corrected chi connectivity index (χ1v) is 10.5. The molecule has 0 spiro atoms. The van der Waals surface area contributed by atoms with Crippen LogP contribution in [0.5, 0.6) is 5.75 Å². The van der Waals surface area contributed by atoms with Gasteiger partial charge in [-0.25, -0.2) is 19.9 Å². The molecule has 0 aliphatic carbocycles. The second kappa shape index (κ2) is 7.11. The van der Waals surface area contributed by atoms with Gasteiger partial charge >= 0.3 is 0 Å². The van der Waals surface area contributed by atoms with Crippen molar-refractivity contribution in [3.05, 3.63) is 41.3 Å². The van der Waals surface area contributed by atoms with Crippen molar-refractivity contribution < 1.29 is 4.74 Å². The molecule has 4 aromatic rings. The first-order valence-electron chi connectivity index (χ1n) is 9.66. The summed E-state index contributed by atoms with van der Waals surface area (Å²) in [6.45, 7) is 7.57. The molecule has 0 N–H and O–H groups in total. The molecule has 1 aliphatic heterocycles. The van der Waals surface area contributed by atoms with Gasteiger partial charge in [-0.15, -0.1) is 11.3 Å². The van der Waals surface area contributed by atoms with Crippen LogP contribution in [0.3, 0.4) is 0 Å². The zero-order chi connectivity index (χ0) is 20.0. The average molecular weight is 407 g/mol. The summed E-state index contributed by atoms with van der Waals surface area (Å²) in [5.41, 5.74) is 0.946. The third-order valence-electron chi connectivity index (χ3n) is 5.30. The van der Waals surface area contributed by atoms with E-state index in [1.165, 1.54) is 4.88 Å². The highest BCUT2D eigenvalue weighted by atomic mass is 32.1. The molecular formula is C21H22N6OS. The van der Waals surface area contributed by atoms with Crippen molar-refractivity contribution in [1.82, 2.24) is 19.9 Å². The lowest BCUT2D eigenvalue weighted by molar-refractivity contribution is 0.415. The first-order chi connectivity index (χ1) is 14.1. The summed E-state index contributed by atoms with van der Waals surface area (Å²) in [6.07, 6.45) is 1.67. The molecule has 1 aliphatic rings. The van der Waals surface area contributed by atoms with Crippen LogP contribution in [0.15, 0.2) is 30.6 Å². The van der Waals surface area contributed by atoms with Crippen LogP contribution in [0.25, 0.3) is 21.1 Å². The molecule has 3 aromatic heterocycles. The van der Waals surface area contributed by atoms with Crippen molar-refractivity contribution >= 4 is 44.1 Å². The highest BCUT2D eigenvalue weighted by Crippen LogP contribution is 2.32. The van der Waals surface area contributed by atoms with Gasteiger partial charge in [0.05, 0.1) is 18.0 Å². The quantitative estimate of drug-likeness (QED) is 0.515. The van der Waals surface area contributed by atoms with Gasteiger partial charge in [0.25, 0.3) is 0 Å². The lowest BCUT2D eigenvalue weighted by Crippen LogP contribution is -2.47. The number of thiophene rings is 1. The van der Waals surface area contributed by atoms with Crippen LogP contribution in [0.4, 0.5) is 11.6 Å². The van der Waals surface area contributed by atoms with Crippen molar-refractivity contribution in [1.29, 1.82) is 0 Å². The molecule has 8 heteroatoms. The fraction of sp³-hybridized carbons (Fsp3) is 0.333. The highest BCUT2D eigenvalue weighted by molar-refractivity contribution is 7.18. The molecule has 1 fully saturated rings. The maximum Gasteiger partial charge on any atom is 0.140 e. The fourth-order valence-electron chi connectivity index (χ4n) is 3.92. The van der Waals surface area contributed by atoms with E-state index in [1.807, 2.05) is 25.1 Å². The molecule has 4 heterocycles. The minimum Gasteiger partial charge on any atom is -0.497 e. The molecule has 29 heavy (non-hydrogen) atoms. The summed E-state index contributed by atoms with van der Waals surface area (Å²) >= 11 is 1.72. The van der Waals surface area contributed by atoms with Gasteiger partial charge < -0.3 is 14.5 Å². The van der Waals surface area contributed by atoms with E-state index in [2.05, 4.69) is 37.7 Å². The minimum absolute atomic E-state index is 0.784. The summed E-state index contributed by atoms with van der Waals surface area (Å²) in [7, 11) is 1.68. The standard InChI is InChI=1S/C21H22N6OS/c1-13-10-17-19(22-12-23-21(17)29-13)26-6-8-27(9-7-26)20-16-11-15(28-3)4-5-18(16)24-14(2)25-20/h4-5,10-12H,6-9H2,1-3H3. The summed E-state index contributed by atoms with van der Waals surface area (Å²) in [4.78, 5) is 25.4. The average Bonchev–Trinajstić information content (AvgIpc) is 3.13. The lowest BCUT2D eigenvalue weighted by Gasteiger charge is -2.36. The number of benzene rings is 1. The van der Waals surface area contributed by atoms with E-state index in [0.29, 0.717) is 0 Å². The van der Waals surface area contributed by atoms with E-state index in [-0.39, 0.29) is 0 Å². The van der Waals surface area contributed by atoms with E-state index in [9.17, 15) is 0 Å². The Morgan fingerprint density at radius 3 is 2.41 bits per heavy atom. The molecule has 1 aromatic carbocycles. The van der Waals surface area contributed by atoms with Crippen LogP contribution in [0.1, 0.15) is 10.7 Å². The number of ether oxygens (including phenoxy) is 1. The molecule has 0 unspecified atom stereocenters. The van der Waals surface area contributed by atoms with Crippen molar-refractivity contribution in [2.24, 2.45) is 0 Å². The van der Waals surface area contributed by atoms with E-state index in [4.69, 9.17) is 9.72 Å². The highest BCUT2D eigenvalue weighted by Gasteiger charge is 2.23. The Morgan fingerprint density at radius 1 is 0.897 bits per heavy atom. The van der Waals surface area contributed by atoms with Crippen LogP contribution < -0.4 is 14.5 Å². The number of aryl methyl sites for hydroxylation is 2. The first kappa shape index (κ1) is 18.1. The van der Waals surface area contributed by atoms with Crippen LogP contribution in [-0.2, 0) is 0 Å². The maximum atomic E-state index is 5.42. The van der Waals surface area contributed by atoms with Gasteiger partial charge in [0.15, 0.2) is 0 Å². The SMILES string of the molecule is COc1ccc2nc(C)nc(N3CCN(c4ncnc5sc(C)cc45)CC3)c2c1. The van der Waals surface area contributed by atoms with E-state index in [1.54, 1.807) is 24.8 Å². The summed E-state index contributed by atoms with van der Waals surface area (Å²) in [6, 6.07) is 8.16. The van der Waals surface area contributed by atoms with Crippen LogP contribution in [-0.4, -0.2) is 53.2 Å². The number of piperazine rings is 1. The van der Waals surface area contributed by atoms with Gasteiger partial charge in [-0.1, -0.05) is 0 Å². The minimum atomic E-state index is 0.784. The molecule has 148 valence electrons. The molecule has 0 saturated carbocycles. The Balaban J connectivity index is 1.45. The molecule has 1 saturated heterocycles. The van der Waals surface area contributed by atoms with Gasteiger partial charge in [-0.2, -0.15) is 0 Å². The van der Waals surface area contributed by atoms with Gasteiger partial charge in [-0.05, 0) is 38.1 Å². The Morgan fingerprint density at radius 2 is 1.66 bits per heavy atom. The molecule has 0 amide bonds. The Hall–Kier alpha value is -3.00. The second-order valence-corrected chi connectivity index (χ2v) is 8.46. The van der Waals surface area contributed by atoms with Gasteiger partial charge in [0.1, 0.15) is 34.4 Å². The Kier molecular flexibility index (Phi) is 4.43. The number of fused-ring (bicyclic) bond motifs is 2. The summed E-state index contributed by atoms with van der Waals surface area (Å²) in [5, 5.41) is 2.18. The third kappa shape index (κ3) is 3.23. The molecule has 7 nitrogen and oxygen atoms in total. The number of hydrogen-bond acceptors (Lipinski definition) is 8. The number of nitrogens with zero attached hydrogens (tertiary/aromatic N) is 6. The largest absolute Gasteiger partial charge is 0.497 e. The summed E-state index contributed by atoms with van der Waals surface area (Å²) < 4.78 is 5.42. The number of anilines is 2.